The fraction of sp³-hybridized carbons (Fsp3) is 0.900. The number of amidine groups is 1. The minimum absolute atomic E-state index is 0.314. The standard InChI is InChI=1S/C10H21N3O2/c11-10(13-14)5-1-2-6-12-8-9-4-3-7-15-9/h9,12,14H,1-8H2,(H2,11,13). The Morgan fingerprint density at radius 2 is 2.40 bits per heavy atom. The molecule has 5 heteroatoms. The molecule has 4 N–H and O–H groups in total. The maximum atomic E-state index is 8.31. The lowest BCUT2D eigenvalue weighted by Gasteiger charge is -2.10. The molecule has 1 fully saturated rings. The smallest absolute Gasteiger partial charge is 0.139 e. The highest BCUT2D eigenvalue weighted by Gasteiger charge is 2.13. The van der Waals surface area contributed by atoms with Crippen LogP contribution in [0.15, 0.2) is 5.16 Å². The van der Waals surface area contributed by atoms with E-state index in [0.717, 1.165) is 32.5 Å². The number of hydrogen-bond acceptors (Lipinski definition) is 4. The van der Waals surface area contributed by atoms with Gasteiger partial charge in [0.15, 0.2) is 0 Å². The van der Waals surface area contributed by atoms with Gasteiger partial charge in [0.2, 0.25) is 0 Å². The van der Waals surface area contributed by atoms with Crippen molar-refractivity contribution in [2.75, 3.05) is 19.7 Å². The van der Waals surface area contributed by atoms with Gasteiger partial charge < -0.3 is 21.0 Å². The van der Waals surface area contributed by atoms with Crippen molar-refractivity contribution < 1.29 is 9.94 Å². The molecule has 5 nitrogen and oxygen atoms in total. The third kappa shape index (κ3) is 5.59. The Morgan fingerprint density at radius 3 is 3.07 bits per heavy atom. The van der Waals surface area contributed by atoms with Crippen molar-refractivity contribution in [3.05, 3.63) is 0 Å². The van der Waals surface area contributed by atoms with Gasteiger partial charge in [0, 0.05) is 19.6 Å². The van der Waals surface area contributed by atoms with E-state index in [9.17, 15) is 0 Å². The lowest BCUT2D eigenvalue weighted by Crippen LogP contribution is -2.27. The van der Waals surface area contributed by atoms with Gasteiger partial charge in [-0.25, -0.2) is 0 Å². The fourth-order valence-electron chi connectivity index (χ4n) is 1.67. The van der Waals surface area contributed by atoms with Gasteiger partial charge in [-0.2, -0.15) is 0 Å². The van der Waals surface area contributed by atoms with Gasteiger partial charge in [0.1, 0.15) is 5.84 Å². The molecule has 0 spiro atoms. The third-order valence-corrected chi connectivity index (χ3v) is 2.56. The first-order chi connectivity index (χ1) is 7.33. The first kappa shape index (κ1) is 12.3. The van der Waals surface area contributed by atoms with Crippen LogP contribution in [0.5, 0.6) is 0 Å². The topological polar surface area (TPSA) is 79.9 Å². The molecule has 1 aliphatic rings. The predicted octanol–water partition coefficient (Wildman–Crippen LogP) is 0.672. The van der Waals surface area contributed by atoms with Crippen LogP contribution in [0, 0.1) is 0 Å². The molecule has 1 unspecified atom stereocenters. The largest absolute Gasteiger partial charge is 0.409 e. The van der Waals surface area contributed by atoms with Gasteiger partial charge in [-0.15, -0.1) is 0 Å². The lowest BCUT2D eigenvalue weighted by atomic mass is 10.2. The summed E-state index contributed by atoms with van der Waals surface area (Å²) < 4.78 is 5.48. The van der Waals surface area contributed by atoms with E-state index >= 15 is 0 Å². The number of rotatable bonds is 7. The summed E-state index contributed by atoms with van der Waals surface area (Å²) in [7, 11) is 0. The highest BCUT2D eigenvalue weighted by atomic mass is 16.5. The van der Waals surface area contributed by atoms with Crippen molar-refractivity contribution in [1.29, 1.82) is 0 Å². The van der Waals surface area contributed by atoms with Crippen molar-refractivity contribution >= 4 is 5.84 Å². The second-order valence-corrected chi connectivity index (χ2v) is 3.89. The highest BCUT2D eigenvalue weighted by molar-refractivity contribution is 5.79. The minimum Gasteiger partial charge on any atom is -0.409 e. The lowest BCUT2D eigenvalue weighted by molar-refractivity contribution is 0.110. The molecule has 0 bridgehead atoms. The van der Waals surface area contributed by atoms with Crippen molar-refractivity contribution in [3.8, 4) is 0 Å². The zero-order valence-corrected chi connectivity index (χ0v) is 9.11. The van der Waals surface area contributed by atoms with Gasteiger partial charge in [-0.3, -0.25) is 0 Å². The molecule has 0 aromatic rings. The summed E-state index contributed by atoms with van der Waals surface area (Å²) in [6.45, 7) is 2.83. The summed E-state index contributed by atoms with van der Waals surface area (Å²) >= 11 is 0. The van der Waals surface area contributed by atoms with Gasteiger partial charge in [0.05, 0.1) is 6.10 Å². The van der Waals surface area contributed by atoms with E-state index < -0.39 is 0 Å². The van der Waals surface area contributed by atoms with E-state index in [0.29, 0.717) is 18.4 Å². The van der Waals surface area contributed by atoms with Crippen LogP contribution in [0.4, 0.5) is 0 Å². The Morgan fingerprint density at radius 1 is 1.53 bits per heavy atom. The number of oxime groups is 1. The van der Waals surface area contributed by atoms with Crippen molar-refractivity contribution in [2.24, 2.45) is 10.9 Å². The molecule has 0 radical (unpaired) electrons. The average Bonchev–Trinajstić information content (AvgIpc) is 2.75. The first-order valence-electron chi connectivity index (χ1n) is 5.61. The number of ether oxygens (including phenoxy) is 1. The molecule has 1 atom stereocenters. The summed E-state index contributed by atoms with van der Waals surface area (Å²) in [5, 5.41) is 14.6. The number of nitrogens with one attached hydrogen (secondary N) is 1. The molecule has 15 heavy (non-hydrogen) atoms. The van der Waals surface area contributed by atoms with E-state index in [1.54, 1.807) is 0 Å². The number of hydrogen-bond donors (Lipinski definition) is 3. The highest BCUT2D eigenvalue weighted by Crippen LogP contribution is 2.10. The third-order valence-electron chi connectivity index (χ3n) is 2.56. The second kappa shape index (κ2) is 7.48. The van der Waals surface area contributed by atoms with Crippen LogP contribution in [0.25, 0.3) is 0 Å². The van der Waals surface area contributed by atoms with E-state index in [4.69, 9.17) is 15.7 Å². The summed E-state index contributed by atoms with van der Waals surface area (Å²) in [5.41, 5.74) is 5.35. The van der Waals surface area contributed by atoms with Crippen LogP contribution in [-0.2, 0) is 4.74 Å². The fourth-order valence-corrected chi connectivity index (χ4v) is 1.67. The van der Waals surface area contributed by atoms with Crippen molar-refractivity contribution in [3.63, 3.8) is 0 Å². The van der Waals surface area contributed by atoms with E-state index in [1.165, 1.54) is 12.8 Å². The van der Waals surface area contributed by atoms with E-state index in [2.05, 4.69) is 10.5 Å². The maximum absolute atomic E-state index is 8.31. The molecule has 1 heterocycles. The molecule has 0 aromatic carbocycles. The Kier molecular flexibility index (Phi) is 6.11. The molecule has 1 rings (SSSR count). The van der Waals surface area contributed by atoms with Crippen molar-refractivity contribution in [1.82, 2.24) is 5.32 Å². The first-order valence-corrected chi connectivity index (χ1v) is 5.61. The van der Waals surface area contributed by atoms with Crippen LogP contribution in [0.1, 0.15) is 32.1 Å². The van der Waals surface area contributed by atoms with Gasteiger partial charge >= 0.3 is 0 Å². The van der Waals surface area contributed by atoms with Crippen LogP contribution < -0.4 is 11.1 Å². The molecule has 0 amide bonds. The zero-order chi connectivity index (χ0) is 10.9. The van der Waals surface area contributed by atoms with E-state index in [-0.39, 0.29) is 0 Å². The number of nitrogens with two attached hydrogens (primary N) is 1. The predicted molar refractivity (Wildman–Crippen MR) is 59.1 cm³/mol. The summed E-state index contributed by atoms with van der Waals surface area (Å²) in [6.07, 6.45) is 5.44. The Labute approximate surface area is 90.7 Å². The van der Waals surface area contributed by atoms with E-state index in [1.807, 2.05) is 0 Å². The monoisotopic (exact) mass is 215 g/mol. The van der Waals surface area contributed by atoms with Crippen LogP contribution >= 0.6 is 0 Å². The molecule has 88 valence electrons. The summed E-state index contributed by atoms with van der Waals surface area (Å²) in [4.78, 5) is 0. The average molecular weight is 215 g/mol. The second-order valence-electron chi connectivity index (χ2n) is 3.89. The zero-order valence-electron chi connectivity index (χ0n) is 9.11. The van der Waals surface area contributed by atoms with Crippen LogP contribution in [-0.4, -0.2) is 36.8 Å². The Balaban J connectivity index is 1.84. The SMILES string of the molecule is NC(CCCCNCC1CCCO1)=NO. The van der Waals surface area contributed by atoms with Gasteiger partial charge in [-0.1, -0.05) is 5.16 Å². The summed E-state index contributed by atoms with van der Waals surface area (Å²) in [5.74, 6) is 0.314. The number of unbranched alkanes of at least 4 members (excludes halogenated alkanes) is 1. The molecule has 0 aromatic heterocycles. The summed E-state index contributed by atoms with van der Waals surface area (Å²) in [6, 6.07) is 0. The molecular formula is C10H21N3O2. The maximum Gasteiger partial charge on any atom is 0.139 e. The molecule has 0 aliphatic carbocycles. The Bertz CT molecular complexity index is 191. The molecule has 1 saturated heterocycles. The molecular weight excluding hydrogens is 194 g/mol. The quantitative estimate of drug-likeness (QED) is 0.192. The number of nitrogens with zero attached hydrogens (tertiary/aromatic N) is 1. The minimum atomic E-state index is 0.314. The van der Waals surface area contributed by atoms with Crippen LogP contribution in [0.2, 0.25) is 0 Å². The Hall–Kier alpha value is -0.810. The molecule has 0 saturated carbocycles. The molecule has 1 aliphatic heterocycles. The van der Waals surface area contributed by atoms with Gasteiger partial charge in [-0.05, 0) is 32.2 Å². The normalized spacial score (nSPS) is 22.1. The van der Waals surface area contributed by atoms with Crippen molar-refractivity contribution in [2.45, 2.75) is 38.2 Å². The van der Waals surface area contributed by atoms with Gasteiger partial charge in [0.25, 0.3) is 0 Å². The van der Waals surface area contributed by atoms with Crippen LogP contribution in [0.3, 0.4) is 0 Å².